The van der Waals surface area contributed by atoms with Gasteiger partial charge in [-0.15, -0.1) is 0 Å². The third kappa shape index (κ3) is 4.72. The number of hydrogen-bond donors (Lipinski definition) is 2. The van der Waals surface area contributed by atoms with Crippen LogP contribution in [-0.2, 0) is 16.0 Å². The number of carbonyl (C=O) groups is 3. The van der Waals surface area contributed by atoms with Crippen LogP contribution in [-0.4, -0.2) is 17.7 Å². The number of nitrogens with zero attached hydrogens (tertiary/aromatic N) is 1. The van der Waals surface area contributed by atoms with Crippen LogP contribution in [0.1, 0.15) is 34.0 Å². The molecule has 0 unspecified atom stereocenters. The van der Waals surface area contributed by atoms with E-state index in [-0.39, 0.29) is 16.6 Å². The lowest BCUT2D eigenvalue weighted by atomic mass is 10.1. The molecule has 2 N–H and O–H groups in total. The maximum absolute atomic E-state index is 13.1. The molecule has 0 radical (unpaired) electrons. The van der Waals surface area contributed by atoms with Crippen LogP contribution in [0.5, 0.6) is 0 Å². The van der Waals surface area contributed by atoms with Crippen LogP contribution >= 0.6 is 11.6 Å². The Hall–Kier alpha value is -3.90. The molecule has 0 aliphatic carbocycles. The first-order valence-electron chi connectivity index (χ1n) is 10.9. The van der Waals surface area contributed by atoms with Gasteiger partial charge in [-0.2, -0.15) is 0 Å². The van der Waals surface area contributed by atoms with Crippen molar-refractivity contribution in [1.82, 2.24) is 0 Å². The predicted octanol–water partition coefficient (Wildman–Crippen LogP) is 5.55. The minimum absolute atomic E-state index is 0.0291. The Bertz CT molecular complexity index is 1310. The van der Waals surface area contributed by atoms with Crippen molar-refractivity contribution in [1.29, 1.82) is 0 Å². The van der Waals surface area contributed by atoms with Crippen molar-refractivity contribution in [3.8, 4) is 0 Å². The molecule has 7 heteroatoms. The molecule has 0 spiro atoms. The van der Waals surface area contributed by atoms with E-state index in [1.807, 2.05) is 44.2 Å². The monoisotopic (exact) mass is 473 g/mol. The van der Waals surface area contributed by atoms with E-state index in [1.165, 1.54) is 5.56 Å². The van der Waals surface area contributed by atoms with E-state index in [9.17, 15) is 14.4 Å². The fourth-order valence-electron chi connectivity index (χ4n) is 3.84. The molecule has 0 atom stereocenters. The Morgan fingerprint density at radius 1 is 0.882 bits per heavy atom. The summed E-state index contributed by atoms with van der Waals surface area (Å²) in [6.45, 7) is 5.85. The summed E-state index contributed by atoms with van der Waals surface area (Å²) in [5.41, 5.74) is 5.01. The predicted molar refractivity (Wildman–Crippen MR) is 135 cm³/mol. The number of amides is 3. The highest BCUT2D eigenvalue weighted by molar-refractivity contribution is 6.53. The van der Waals surface area contributed by atoms with Gasteiger partial charge in [-0.1, -0.05) is 42.8 Å². The minimum Gasteiger partial charge on any atom is -0.350 e. The highest BCUT2D eigenvalue weighted by Crippen LogP contribution is 2.31. The standard InChI is InChI=1S/C27H24ClN3O3/c1-4-18-8-10-20(11-9-18)30-25(32)19-6-5-7-21(15-19)29-24-23(28)26(33)31(27(24)34)22-13-16(2)12-17(3)14-22/h5-15,29H,4H2,1-3H3,(H,30,32). The Morgan fingerprint density at radius 3 is 2.21 bits per heavy atom. The third-order valence-corrected chi connectivity index (χ3v) is 5.86. The average Bonchev–Trinajstić information content (AvgIpc) is 3.02. The molecule has 3 amide bonds. The van der Waals surface area contributed by atoms with Gasteiger partial charge in [0.15, 0.2) is 0 Å². The van der Waals surface area contributed by atoms with Crippen molar-refractivity contribution in [3.63, 3.8) is 0 Å². The topological polar surface area (TPSA) is 78.5 Å². The van der Waals surface area contributed by atoms with Crippen LogP contribution < -0.4 is 15.5 Å². The Kier molecular flexibility index (Phi) is 6.52. The first kappa shape index (κ1) is 23.3. The van der Waals surface area contributed by atoms with Crippen molar-refractivity contribution in [2.45, 2.75) is 27.2 Å². The van der Waals surface area contributed by atoms with E-state index in [1.54, 1.807) is 36.4 Å². The smallest absolute Gasteiger partial charge is 0.283 e. The number of hydrogen-bond acceptors (Lipinski definition) is 4. The normalized spacial score (nSPS) is 13.5. The fraction of sp³-hybridized carbons (Fsp3) is 0.148. The van der Waals surface area contributed by atoms with Crippen molar-refractivity contribution in [3.05, 3.63) is 99.7 Å². The minimum atomic E-state index is -0.594. The lowest BCUT2D eigenvalue weighted by molar-refractivity contribution is -0.120. The molecule has 1 heterocycles. The second kappa shape index (κ2) is 9.53. The van der Waals surface area contributed by atoms with E-state index >= 15 is 0 Å². The number of benzene rings is 3. The maximum atomic E-state index is 13.1. The zero-order valence-corrected chi connectivity index (χ0v) is 19.9. The first-order valence-corrected chi connectivity index (χ1v) is 11.3. The summed E-state index contributed by atoms with van der Waals surface area (Å²) in [6, 6.07) is 19.8. The SMILES string of the molecule is CCc1ccc(NC(=O)c2cccc(NC3=C(Cl)C(=O)N(c4cc(C)cc(C)c4)C3=O)c2)cc1. The Labute approximate surface area is 203 Å². The summed E-state index contributed by atoms with van der Waals surface area (Å²) in [6.07, 6.45) is 0.919. The van der Waals surface area contributed by atoms with Crippen molar-refractivity contribution in [2.75, 3.05) is 15.5 Å². The van der Waals surface area contributed by atoms with Gasteiger partial charge in [0.05, 0.1) is 5.69 Å². The quantitative estimate of drug-likeness (QED) is 0.460. The molecule has 0 bridgehead atoms. The molecule has 3 aromatic carbocycles. The van der Waals surface area contributed by atoms with Crippen LogP contribution in [0.25, 0.3) is 0 Å². The molecule has 34 heavy (non-hydrogen) atoms. The average molecular weight is 474 g/mol. The van der Waals surface area contributed by atoms with Gasteiger partial charge in [-0.3, -0.25) is 14.4 Å². The van der Waals surface area contributed by atoms with Gasteiger partial charge in [0.25, 0.3) is 17.7 Å². The number of imide groups is 1. The van der Waals surface area contributed by atoms with Gasteiger partial charge in [0.2, 0.25) is 0 Å². The van der Waals surface area contributed by atoms with Crippen LogP contribution in [0, 0.1) is 13.8 Å². The van der Waals surface area contributed by atoms with E-state index in [0.29, 0.717) is 22.6 Å². The lowest BCUT2D eigenvalue weighted by Crippen LogP contribution is -2.32. The van der Waals surface area contributed by atoms with Crippen LogP contribution in [0.2, 0.25) is 0 Å². The molecule has 0 aromatic heterocycles. The van der Waals surface area contributed by atoms with E-state index in [4.69, 9.17) is 11.6 Å². The van der Waals surface area contributed by atoms with E-state index in [2.05, 4.69) is 17.6 Å². The largest absolute Gasteiger partial charge is 0.350 e. The fourth-order valence-corrected chi connectivity index (χ4v) is 4.05. The number of nitrogens with one attached hydrogen (secondary N) is 2. The molecule has 1 aliphatic heterocycles. The molecule has 1 aliphatic rings. The van der Waals surface area contributed by atoms with Gasteiger partial charge < -0.3 is 10.6 Å². The summed E-state index contributed by atoms with van der Waals surface area (Å²) in [5, 5.41) is 5.59. The van der Waals surface area contributed by atoms with Gasteiger partial charge in [0, 0.05) is 16.9 Å². The van der Waals surface area contributed by atoms with Gasteiger partial charge >= 0.3 is 0 Å². The summed E-state index contributed by atoms with van der Waals surface area (Å²) >= 11 is 6.26. The summed E-state index contributed by atoms with van der Waals surface area (Å²) in [5.74, 6) is -1.44. The zero-order valence-electron chi connectivity index (χ0n) is 19.1. The van der Waals surface area contributed by atoms with Gasteiger partial charge in [0.1, 0.15) is 10.7 Å². The molecule has 172 valence electrons. The second-order valence-corrected chi connectivity index (χ2v) is 8.57. The van der Waals surface area contributed by atoms with Crippen molar-refractivity contribution >= 4 is 46.4 Å². The second-order valence-electron chi connectivity index (χ2n) is 8.19. The molecule has 0 fully saturated rings. The molecule has 0 saturated heterocycles. The molecule has 4 rings (SSSR count). The van der Waals surface area contributed by atoms with Crippen molar-refractivity contribution in [2.24, 2.45) is 0 Å². The zero-order chi connectivity index (χ0) is 24.4. The number of anilines is 3. The summed E-state index contributed by atoms with van der Waals surface area (Å²) < 4.78 is 0. The maximum Gasteiger partial charge on any atom is 0.283 e. The number of carbonyl (C=O) groups excluding carboxylic acids is 3. The Balaban J connectivity index is 1.53. The highest BCUT2D eigenvalue weighted by Gasteiger charge is 2.39. The lowest BCUT2D eigenvalue weighted by Gasteiger charge is -2.16. The first-order chi connectivity index (χ1) is 16.3. The molecule has 3 aromatic rings. The van der Waals surface area contributed by atoms with Gasteiger partial charge in [-0.05, 0) is 79.4 Å². The Morgan fingerprint density at radius 2 is 1.56 bits per heavy atom. The summed E-state index contributed by atoms with van der Waals surface area (Å²) in [7, 11) is 0. The van der Waals surface area contributed by atoms with E-state index < -0.39 is 11.8 Å². The van der Waals surface area contributed by atoms with Crippen LogP contribution in [0.4, 0.5) is 17.1 Å². The number of aryl methyl sites for hydroxylation is 3. The number of rotatable bonds is 6. The van der Waals surface area contributed by atoms with Gasteiger partial charge in [-0.25, -0.2) is 4.90 Å². The molecule has 0 saturated carbocycles. The molecule has 6 nitrogen and oxygen atoms in total. The molecular formula is C27H24ClN3O3. The molecular weight excluding hydrogens is 450 g/mol. The third-order valence-electron chi connectivity index (χ3n) is 5.51. The highest BCUT2D eigenvalue weighted by atomic mass is 35.5. The van der Waals surface area contributed by atoms with E-state index in [0.717, 1.165) is 22.4 Å². The van der Waals surface area contributed by atoms with Crippen LogP contribution in [0.15, 0.2) is 77.5 Å². The van der Waals surface area contributed by atoms with Crippen LogP contribution in [0.3, 0.4) is 0 Å². The summed E-state index contributed by atoms with van der Waals surface area (Å²) in [4.78, 5) is 39.7. The van der Waals surface area contributed by atoms with Crippen molar-refractivity contribution < 1.29 is 14.4 Å². The number of halogens is 1.